The molecule has 2 aromatic heterocycles. The van der Waals surface area contributed by atoms with Gasteiger partial charge in [0.15, 0.2) is 0 Å². The number of rotatable bonds is 7. The Hall–Kier alpha value is -3.32. The second-order valence-electron chi connectivity index (χ2n) is 7.43. The monoisotopic (exact) mass is 432 g/mol. The second-order valence-corrected chi connectivity index (χ2v) is 8.40. The van der Waals surface area contributed by atoms with Gasteiger partial charge in [-0.15, -0.1) is 0 Å². The fourth-order valence-electron chi connectivity index (χ4n) is 3.19. The van der Waals surface area contributed by atoms with Crippen molar-refractivity contribution in [3.05, 3.63) is 72.6 Å². The van der Waals surface area contributed by atoms with Gasteiger partial charge in [-0.3, -0.25) is 4.79 Å². The van der Waals surface area contributed by atoms with Crippen LogP contribution in [0.5, 0.6) is 5.75 Å². The van der Waals surface area contributed by atoms with Gasteiger partial charge in [-0.2, -0.15) is 5.10 Å². The Morgan fingerprint density at radius 3 is 2.55 bits per heavy atom. The number of aromatic nitrogens is 3. The van der Waals surface area contributed by atoms with E-state index < -0.39 is 0 Å². The molecule has 0 aliphatic carbocycles. The molecule has 31 heavy (non-hydrogen) atoms. The van der Waals surface area contributed by atoms with Gasteiger partial charge in [0.05, 0.1) is 24.1 Å². The standard InChI is InChI=1S/C24H24N4O2S/c1-16(2)17-4-8-19(9-5-17)26-23(29)15-31-24-22-14-21(27-28(22)13-12-25-24)18-6-10-20(30-3)11-7-18/h4-14,16H,15H2,1-3H3,(H,26,29). The molecule has 2 heterocycles. The lowest BCUT2D eigenvalue weighted by Crippen LogP contribution is -2.14. The highest BCUT2D eigenvalue weighted by Crippen LogP contribution is 2.27. The predicted octanol–water partition coefficient (Wildman–Crippen LogP) is 5.26. The number of ether oxygens (including phenoxy) is 1. The lowest BCUT2D eigenvalue weighted by molar-refractivity contribution is -0.113. The molecule has 2 aromatic carbocycles. The first kappa shape index (κ1) is 20.9. The Bertz CT molecular complexity index is 1180. The number of nitrogens with zero attached hydrogens (tertiary/aromatic N) is 3. The molecule has 158 valence electrons. The van der Waals surface area contributed by atoms with Crippen LogP contribution in [-0.4, -0.2) is 33.4 Å². The third-order valence-electron chi connectivity index (χ3n) is 4.94. The number of anilines is 1. The molecular formula is C24H24N4O2S. The van der Waals surface area contributed by atoms with Gasteiger partial charge in [-0.05, 0) is 53.9 Å². The van der Waals surface area contributed by atoms with Gasteiger partial charge >= 0.3 is 0 Å². The first-order valence-corrected chi connectivity index (χ1v) is 11.0. The smallest absolute Gasteiger partial charge is 0.234 e. The molecule has 6 nitrogen and oxygen atoms in total. The topological polar surface area (TPSA) is 68.5 Å². The summed E-state index contributed by atoms with van der Waals surface area (Å²) in [6.45, 7) is 4.29. The molecule has 4 aromatic rings. The summed E-state index contributed by atoms with van der Waals surface area (Å²) < 4.78 is 7.01. The van der Waals surface area contributed by atoms with Crippen LogP contribution in [0, 0.1) is 0 Å². The third kappa shape index (κ3) is 4.88. The van der Waals surface area contributed by atoms with Gasteiger partial charge in [0, 0.05) is 23.6 Å². The van der Waals surface area contributed by atoms with Crippen LogP contribution in [0.2, 0.25) is 0 Å². The maximum Gasteiger partial charge on any atom is 0.234 e. The van der Waals surface area contributed by atoms with Crippen LogP contribution in [0.3, 0.4) is 0 Å². The molecule has 0 unspecified atom stereocenters. The fourth-order valence-corrected chi connectivity index (χ4v) is 3.97. The van der Waals surface area contributed by atoms with Gasteiger partial charge in [-0.1, -0.05) is 37.7 Å². The highest BCUT2D eigenvalue weighted by molar-refractivity contribution is 8.00. The first-order chi connectivity index (χ1) is 15.0. The number of methoxy groups -OCH3 is 1. The molecule has 4 rings (SSSR count). The molecule has 7 heteroatoms. The number of hydrogen-bond donors (Lipinski definition) is 1. The molecule has 0 radical (unpaired) electrons. The van der Waals surface area contributed by atoms with E-state index in [9.17, 15) is 4.79 Å². The average Bonchev–Trinajstić information content (AvgIpc) is 3.23. The summed E-state index contributed by atoms with van der Waals surface area (Å²) in [5, 5.41) is 8.35. The summed E-state index contributed by atoms with van der Waals surface area (Å²) in [5.41, 5.74) is 4.74. The molecule has 0 aliphatic heterocycles. The van der Waals surface area contributed by atoms with Gasteiger partial charge < -0.3 is 10.1 Å². The van der Waals surface area contributed by atoms with Gasteiger partial charge in [-0.25, -0.2) is 9.50 Å². The number of benzene rings is 2. The van der Waals surface area contributed by atoms with Gasteiger partial charge in [0.2, 0.25) is 5.91 Å². The minimum Gasteiger partial charge on any atom is -0.497 e. The summed E-state index contributed by atoms with van der Waals surface area (Å²) >= 11 is 1.40. The van der Waals surface area contributed by atoms with Gasteiger partial charge in [0.1, 0.15) is 10.8 Å². The van der Waals surface area contributed by atoms with E-state index in [1.807, 2.05) is 60.8 Å². The number of thioether (sulfide) groups is 1. The number of amides is 1. The van der Waals surface area contributed by atoms with E-state index in [0.29, 0.717) is 5.92 Å². The largest absolute Gasteiger partial charge is 0.497 e. The van der Waals surface area contributed by atoms with Crippen molar-refractivity contribution in [3.8, 4) is 17.0 Å². The van der Waals surface area contributed by atoms with Crippen LogP contribution in [0.25, 0.3) is 16.8 Å². The normalized spacial score (nSPS) is 11.1. The highest BCUT2D eigenvalue weighted by atomic mass is 32.2. The molecule has 0 atom stereocenters. The Balaban J connectivity index is 1.45. The third-order valence-corrected chi connectivity index (χ3v) is 5.94. The van der Waals surface area contributed by atoms with E-state index in [1.165, 1.54) is 17.3 Å². The van der Waals surface area contributed by atoms with Crippen LogP contribution in [0.15, 0.2) is 72.0 Å². The molecule has 0 saturated carbocycles. The number of hydrogen-bond acceptors (Lipinski definition) is 5. The summed E-state index contributed by atoms with van der Waals surface area (Å²) in [7, 11) is 1.64. The highest BCUT2D eigenvalue weighted by Gasteiger charge is 2.12. The van der Waals surface area contributed by atoms with Crippen LogP contribution in [-0.2, 0) is 4.79 Å². The van der Waals surface area contributed by atoms with Crippen LogP contribution in [0.1, 0.15) is 25.3 Å². The van der Waals surface area contributed by atoms with Crippen LogP contribution < -0.4 is 10.1 Å². The molecule has 0 bridgehead atoms. The summed E-state index contributed by atoms with van der Waals surface area (Å²) in [5.74, 6) is 1.46. The quantitative estimate of drug-likeness (QED) is 0.404. The van der Waals surface area contributed by atoms with Crippen molar-refractivity contribution >= 4 is 28.9 Å². The zero-order valence-corrected chi connectivity index (χ0v) is 18.5. The number of nitrogens with one attached hydrogen (secondary N) is 1. The summed E-state index contributed by atoms with van der Waals surface area (Å²) in [6.07, 6.45) is 3.51. The lowest BCUT2D eigenvalue weighted by Gasteiger charge is -2.08. The van der Waals surface area contributed by atoms with Crippen molar-refractivity contribution in [3.63, 3.8) is 0 Å². The molecule has 0 fully saturated rings. The van der Waals surface area contributed by atoms with Crippen molar-refractivity contribution in [2.75, 3.05) is 18.2 Å². The Kier molecular flexibility index (Phi) is 6.23. The van der Waals surface area contributed by atoms with Gasteiger partial charge in [0.25, 0.3) is 0 Å². The molecule has 0 spiro atoms. The molecule has 1 amide bonds. The maximum atomic E-state index is 12.4. The van der Waals surface area contributed by atoms with Crippen LogP contribution >= 0.6 is 11.8 Å². The van der Waals surface area contributed by atoms with Crippen molar-refractivity contribution in [2.45, 2.75) is 24.8 Å². The van der Waals surface area contributed by atoms with Crippen molar-refractivity contribution in [2.24, 2.45) is 0 Å². The first-order valence-electron chi connectivity index (χ1n) is 10.0. The van der Waals surface area contributed by atoms with E-state index in [-0.39, 0.29) is 11.7 Å². The Morgan fingerprint density at radius 1 is 1.13 bits per heavy atom. The van der Waals surface area contributed by atoms with E-state index in [2.05, 4.69) is 29.2 Å². The zero-order chi connectivity index (χ0) is 21.8. The van der Waals surface area contributed by atoms with E-state index >= 15 is 0 Å². The van der Waals surface area contributed by atoms with Crippen molar-refractivity contribution in [1.82, 2.24) is 14.6 Å². The fraction of sp³-hybridized carbons (Fsp3) is 0.208. The summed E-state index contributed by atoms with van der Waals surface area (Å²) in [4.78, 5) is 16.9. The zero-order valence-electron chi connectivity index (χ0n) is 17.7. The Morgan fingerprint density at radius 2 is 1.87 bits per heavy atom. The SMILES string of the molecule is COc1ccc(-c2cc3c(SCC(=O)Nc4ccc(C(C)C)cc4)nccn3n2)cc1. The van der Waals surface area contributed by atoms with E-state index in [0.717, 1.165) is 33.2 Å². The Labute approximate surface area is 185 Å². The molecule has 0 saturated heterocycles. The number of carbonyl (C=O) groups excluding carboxylic acids is 1. The molecule has 1 N–H and O–H groups in total. The molecule has 0 aliphatic rings. The predicted molar refractivity (Wildman–Crippen MR) is 125 cm³/mol. The number of carbonyl (C=O) groups is 1. The maximum absolute atomic E-state index is 12.4. The van der Waals surface area contributed by atoms with Crippen LogP contribution in [0.4, 0.5) is 5.69 Å². The van der Waals surface area contributed by atoms with Crippen molar-refractivity contribution in [1.29, 1.82) is 0 Å². The lowest BCUT2D eigenvalue weighted by atomic mass is 10.0. The van der Waals surface area contributed by atoms with E-state index in [4.69, 9.17) is 4.74 Å². The number of fused-ring (bicyclic) bond motifs is 1. The van der Waals surface area contributed by atoms with Crippen molar-refractivity contribution < 1.29 is 9.53 Å². The minimum absolute atomic E-state index is 0.0685. The second kappa shape index (κ2) is 9.22. The average molecular weight is 433 g/mol. The minimum atomic E-state index is -0.0685. The van der Waals surface area contributed by atoms with E-state index in [1.54, 1.807) is 17.8 Å². The summed E-state index contributed by atoms with van der Waals surface area (Å²) in [6, 6.07) is 17.7. The molecular weight excluding hydrogens is 408 g/mol.